The van der Waals surface area contributed by atoms with Gasteiger partial charge in [0.05, 0.1) is 11.3 Å². The Morgan fingerprint density at radius 3 is 2.65 bits per heavy atom. The standard InChI is InChI=1S/C11H19N3O3/c1-5-8-9(10(15)16)12-13-14(8)7-6-11(2,3)17-4/h5-7H2,1-4H3,(H,15,16). The summed E-state index contributed by atoms with van der Waals surface area (Å²) in [6.45, 7) is 6.45. The molecule has 1 heterocycles. The van der Waals surface area contributed by atoms with E-state index < -0.39 is 5.97 Å². The first-order chi connectivity index (χ1) is 7.91. The second kappa shape index (κ2) is 5.27. The number of methoxy groups -OCH3 is 1. The van der Waals surface area contributed by atoms with Crippen LogP contribution in [0.3, 0.4) is 0 Å². The molecule has 0 aliphatic rings. The monoisotopic (exact) mass is 241 g/mol. The Morgan fingerprint density at radius 2 is 2.18 bits per heavy atom. The molecule has 17 heavy (non-hydrogen) atoms. The summed E-state index contributed by atoms with van der Waals surface area (Å²) in [5.74, 6) is -1.03. The van der Waals surface area contributed by atoms with Crippen molar-refractivity contribution in [3.05, 3.63) is 11.4 Å². The van der Waals surface area contributed by atoms with Crippen LogP contribution in [0.4, 0.5) is 0 Å². The Balaban J connectivity index is 2.82. The van der Waals surface area contributed by atoms with Crippen LogP contribution in [0.5, 0.6) is 0 Å². The van der Waals surface area contributed by atoms with Gasteiger partial charge in [0, 0.05) is 13.7 Å². The van der Waals surface area contributed by atoms with Gasteiger partial charge >= 0.3 is 5.97 Å². The lowest BCUT2D eigenvalue weighted by molar-refractivity contribution is 0.0110. The van der Waals surface area contributed by atoms with Gasteiger partial charge in [0.25, 0.3) is 0 Å². The van der Waals surface area contributed by atoms with Gasteiger partial charge in [-0.3, -0.25) is 0 Å². The maximum atomic E-state index is 10.9. The Hall–Kier alpha value is -1.43. The molecule has 1 aromatic heterocycles. The van der Waals surface area contributed by atoms with E-state index in [1.54, 1.807) is 11.8 Å². The summed E-state index contributed by atoms with van der Waals surface area (Å²) in [4.78, 5) is 10.9. The summed E-state index contributed by atoms with van der Waals surface area (Å²) in [7, 11) is 1.66. The van der Waals surface area contributed by atoms with Crippen molar-refractivity contribution >= 4 is 5.97 Å². The maximum absolute atomic E-state index is 10.9. The lowest BCUT2D eigenvalue weighted by Gasteiger charge is -2.22. The van der Waals surface area contributed by atoms with E-state index in [0.717, 1.165) is 6.42 Å². The van der Waals surface area contributed by atoms with E-state index in [2.05, 4.69) is 10.3 Å². The highest BCUT2D eigenvalue weighted by Gasteiger charge is 2.20. The highest BCUT2D eigenvalue weighted by molar-refractivity contribution is 5.86. The molecule has 6 nitrogen and oxygen atoms in total. The summed E-state index contributed by atoms with van der Waals surface area (Å²) in [6.07, 6.45) is 1.35. The summed E-state index contributed by atoms with van der Waals surface area (Å²) >= 11 is 0. The fourth-order valence-corrected chi connectivity index (χ4v) is 1.51. The van der Waals surface area contributed by atoms with Gasteiger partial charge in [0.15, 0.2) is 5.69 Å². The zero-order valence-corrected chi connectivity index (χ0v) is 10.7. The molecule has 1 N–H and O–H groups in total. The number of nitrogens with zero attached hydrogens (tertiary/aromatic N) is 3. The molecule has 0 spiro atoms. The van der Waals surface area contributed by atoms with E-state index >= 15 is 0 Å². The quantitative estimate of drug-likeness (QED) is 0.813. The summed E-state index contributed by atoms with van der Waals surface area (Å²) in [5, 5.41) is 16.5. The van der Waals surface area contributed by atoms with Crippen LogP contribution < -0.4 is 0 Å². The molecule has 0 radical (unpaired) electrons. The number of carboxylic acid groups (broad SMARTS) is 1. The minimum absolute atomic E-state index is 0.0442. The van der Waals surface area contributed by atoms with Gasteiger partial charge in [0.1, 0.15) is 0 Å². The van der Waals surface area contributed by atoms with Gasteiger partial charge in [0.2, 0.25) is 0 Å². The molecule has 0 aliphatic heterocycles. The van der Waals surface area contributed by atoms with Crippen molar-refractivity contribution in [2.75, 3.05) is 7.11 Å². The molecule has 1 aromatic rings. The molecule has 6 heteroatoms. The SMILES string of the molecule is CCc1c(C(=O)O)nnn1CCC(C)(C)OC. The zero-order valence-electron chi connectivity index (χ0n) is 10.7. The van der Waals surface area contributed by atoms with Gasteiger partial charge in [-0.2, -0.15) is 0 Å². The molecule has 0 aromatic carbocycles. The molecule has 0 bridgehead atoms. The predicted octanol–water partition coefficient (Wildman–Crippen LogP) is 1.35. The summed E-state index contributed by atoms with van der Waals surface area (Å²) in [6, 6.07) is 0. The van der Waals surface area contributed by atoms with Crippen LogP contribution in [0.2, 0.25) is 0 Å². The fourth-order valence-electron chi connectivity index (χ4n) is 1.51. The Morgan fingerprint density at radius 1 is 1.53 bits per heavy atom. The third kappa shape index (κ3) is 3.26. The van der Waals surface area contributed by atoms with Gasteiger partial charge in [-0.15, -0.1) is 5.10 Å². The van der Waals surface area contributed by atoms with E-state index in [0.29, 0.717) is 18.7 Å². The number of hydrogen-bond donors (Lipinski definition) is 1. The molecule has 0 atom stereocenters. The molecule has 0 unspecified atom stereocenters. The Kier molecular flexibility index (Phi) is 4.22. The average Bonchev–Trinajstić information content (AvgIpc) is 2.69. The number of aromatic carboxylic acids is 1. The van der Waals surface area contributed by atoms with Crippen LogP contribution in [-0.2, 0) is 17.7 Å². The second-order valence-corrected chi connectivity index (χ2v) is 4.48. The second-order valence-electron chi connectivity index (χ2n) is 4.48. The van der Waals surface area contributed by atoms with E-state index in [1.165, 1.54) is 0 Å². The van der Waals surface area contributed by atoms with Gasteiger partial charge in [-0.1, -0.05) is 12.1 Å². The van der Waals surface area contributed by atoms with Crippen molar-refractivity contribution in [2.45, 2.75) is 45.8 Å². The number of aryl methyl sites for hydroxylation is 1. The molecule has 0 saturated heterocycles. The molecule has 0 fully saturated rings. The number of carbonyl (C=O) groups is 1. The first-order valence-electron chi connectivity index (χ1n) is 5.62. The molecule has 0 amide bonds. The van der Waals surface area contributed by atoms with Crippen molar-refractivity contribution in [2.24, 2.45) is 0 Å². The largest absolute Gasteiger partial charge is 0.476 e. The zero-order chi connectivity index (χ0) is 13.1. The van der Waals surface area contributed by atoms with Crippen LogP contribution in [-0.4, -0.2) is 38.8 Å². The third-order valence-electron chi connectivity index (χ3n) is 2.85. The van der Waals surface area contributed by atoms with Crippen molar-refractivity contribution < 1.29 is 14.6 Å². The molecular weight excluding hydrogens is 222 g/mol. The lowest BCUT2D eigenvalue weighted by atomic mass is 10.1. The number of carboxylic acids is 1. The molecule has 0 saturated carbocycles. The van der Waals surface area contributed by atoms with Crippen molar-refractivity contribution in [1.29, 1.82) is 0 Å². The highest BCUT2D eigenvalue weighted by Crippen LogP contribution is 2.15. The van der Waals surface area contributed by atoms with Crippen molar-refractivity contribution in [1.82, 2.24) is 15.0 Å². The number of aromatic nitrogens is 3. The minimum Gasteiger partial charge on any atom is -0.476 e. The smallest absolute Gasteiger partial charge is 0.358 e. The number of rotatable bonds is 6. The summed E-state index contributed by atoms with van der Waals surface area (Å²) in [5.41, 5.74) is 0.451. The molecule has 0 aliphatic carbocycles. The predicted molar refractivity (Wildman–Crippen MR) is 62.1 cm³/mol. The number of hydrogen-bond acceptors (Lipinski definition) is 4. The van der Waals surface area contributed by atoms with Crippen molar-refractivity contribution in [3.63, 3.8) is 0 Å². The molecule has 96 valence electrons. The van der Waals surface area contributed by atoms with Gasteiger partial charge < -0.3 is 9.84 Å². The lowest BCUT2D eigenvalue weighted by Crippen LogP contribution is -2.25. The van der Waals surface area contributed by atoms with Crippen LogP contribution in [0.1, 0.15) is 43.4 Å². The van der Waals surface area contributed by atoms with E-state index in [1.807, 2.05) is 20.8 Å². The van der Waals surface area contributed by atoms with Crippen LogP contribution in [0.15, 0.2) is 0 Å². The van der Waals surface area contributed by atoms with E-state index in [4.69, 9.17) is 9.84 Å². The first-order valence-corrected chi connectivity index (χ1v) is 5.62. The molecular formula is C11H19N3O3. The normalized spacial score (nSPS) is 11.8. The molecule has 1 rings (SSSR count). The van der Waals surface area contributed by atoms with Crippen molar-refractivity contribution in [3.8, 4) is 0 Å². The van der Waals surface area contributed by atoms with Gasteiger partial charge in [-0.05, 0) is 26.7 Å². The van der Waals surface area contributed by atoms with Gasteiger partial charge in [-0.25, -0.2) is 9.48 Å². The Labute approximate surface area is 101 Å². The van der Waals surface area contributed by atoms with Crippen LogP contribution in [0.25, 0.3) is 0 Å². The topological polar surface area (TPSA) is 77.2 Å². The minimum atomic E-state index is -1.03. The van der Waals surface area contributed by atoms with E-state index in [9.17, 15) is 4.79 Å². The maximum Gasteiger partial charge on any atom is 0.358 e. The highest BCUT2D eigenvalue weighted by atomic mass is 16.5. The average molecular weight is 241 g/mol. The first kappa shape index (κ1) is 13.6. The Bertz CT molecular complexity index is 399. The van der Waals surface area contributed by atoms with E-state index in [-0.39, 0.29) is 11.3 Å². The third-order valence-corrected chi connectivity index (χ3v) is 2.85. The van der Waals surface area contributed by atoms with Crippen LogP contribution >= 0.6 is 0 Å². The summed E-state index contributed by atoms with van der Waals surface area (Å²) < 4.78 is 6.95. The number of ether oxygens (including phenoxy) is 1. The van der Waals surface area contributed by atoms with Crippen LogP contribution in [0, 0.1) is 0 Å². The fraction of sp³-hybridized carbons (Fsp3) is 0.727.